The fourth-order valence-electron chi connectivity index (χ4n) is 6.04. The number of fused-ring (bicyclic) bond motifs is 2. The molecule has 0 bridgehead atoms. The third-order valence-corrected chi connectivity index (χ3v) is 8.65. The third kappa shape index (κ3) is 4.44. The minimum absolute atomic E-state index is 0.0958. The number of nitrogens with one attached hydrogen (secondary N) is 3. The van der Waals surface area contributed by atoms with Gasteiger partial charge in [-0.25, -0.2) is 15.0 Å². The van der Waals surface area contributed by atoms with Crippen molar-refractivity contribution in [2.24, 2.45) is 12.5 Å². The standard InChI is InChI=1S/C31H35N9/c1-31(2)18-32-13-12-25(31)36-30-27-22(19-7-6-8-19)16-33-17-23(27)35-28(38-30)20-11-14-34-26(15-20)37-29-21-9-4-5-10-24(21)40(3)39-29/h4-5,9-11,14-17,19,25,32H,6-8,12-13,18H2,1-3H3,(H,34,37,39)(H,35,36,38)/t25-/m0/s1. The normalized spacial score (nSPS) is 19.0. The van der Waals surface area contributed by atoms with Gasteiger partial charge in [-0.3, -0.25) is 9.67 Å². The first-order valence-electron chi connectivity index (χ1n) is 14.2. The second-order valence-electron chi connectivity index (χ2n) is 11.8. The molecule has 9 nitrogen and oxygen atoms in total. The summed E-state index contributed by atoms with van der Waals surface area (Å²) in [5.41, 5.74) is 4.19. The number of pyridine rings is 2. The van der Waals surface area contributed by atoms with Crippen molar-refractivity contribution in [3.8, 4) is 11.4 Å². The van der Waals surface area contributed by atoms with Crippen molar-refractivity contribution in [2.45, 2.75) is 51.5 Å². The zero-order valence-electron chi connectivity index (χ0n) is 23.3. The summed E-state index contributed by atoms with van der Waals surface area (Å²) >= 11 is 0. The number of rotatable bonds is 6. The molecule has 1 aromatic carbocycles. The highest BCUT2D eigenvalue weighted by Gasteiger charge is 2.33. The van der Waals surface area contributed by atoms with Crippen LogP contribution in [0, 0.1) is 5.41 Å². The molecular weight excluding hydrogens is 498 g/mol. The Morgan fingerprint density at radius 3 is 2.73 bits per heavy atom. The lowest BCUT2D eigenvalue weighted by atomic mass is 9.78. The molecule has 40 heavy (non-hydrogen) atoms. The van der Waals surface area contributed by atoms with E-state index >= 15 is 0 Å². The number of aryl methyl sites for hydroxylation is 1. The summed E-state index contributed by atoms with van der Waals surface area (Å²) in [5.74, 6) is 3.56. The van der Waals surface area contributed by atoms with Crippen LogP contribution in [0.3, 0.4) is 0 Å². The molecule has 1 saturated heterocycles. The minimum atomic E-state index is 0.0958. The van der Waals surface area contributed by atoms with Gasteiger partial charge in [0.2, 0.25) is 0 Å². The molecule has 0 amide bonds. The van der Waals surface area contributed by atoms with Gasteiger partial charge >= 0.3 is 0 Å². The molecule has 1 aliphatic carbocycles. The van der Waals surface area contributed by atoms with Gasteiger partial charge in [0.05, 0.1) is 17.2 Å². The fraction of sp³-hybridized carbons (Fsp3) is 0.387. The van der Waals surface area contributed by atoms with E-state index in [0.29, 0.717) is 23.6 Å². The minimum Gasteiger partial charge on any atom is -0.366 e. The van der Waals surface area contributed by atoms with Gasteiger partial charge in [0, 0.05) is 48.4 Å². The van der Waals surface area contributed by atoms with Crippen LogP contribution in [0.2, 0.25) is 0 Å². The van der Waals surface area contributed by atoms with Crippen molar-refractivity contribution in [1.82, 2.24) is 35.0 Å². The first kappa shape index (κ1) is 24.9. The highest BCUT2D eigenvalue weighted by Crippen LogP contribution is 2.42. The lowest BCUT2D eigenvalue weighted by Crippen LogP contribution is -2.49. The van der Waals surface area contributed by atoms with E-state index in [1.807, 2.05) is 48.4 Å². The number of hydrogen-bond acceptors (Lipinski definition) is 8. The van der Waals surface area contributed by atoms with Crippen LogP contribution < -0.4 is 16.0 Å². The van der Waals surface area contributed by atoms with Gasteiger partial charge in [0.25, 0.3) is 0 Å². The number of hydrogen-bond donors (Lipinski definition) is 3. The fourth-order valence-corrected chi connectivity index (χ4v) is 6.04. The molecule has 2 fully saturated rings. The van der Waals surface area contributed by atoms with E-state index in [0.717, 1.165) is 58.5 Å². The lowest BCUT2D eigenvalue weighted by molar-refractivity contribution is 0.236. The SMILES string of the molecule is Cn1nc(Nc2cc(-c3nc(N[C@H]4CCNCC4(C)C)c4c(C5CCC5)cncc4n3)ccn2)c2ccccc21. The molecular formula is C31H35N9. The Kier molecular flexibility index (Phi) is 6.11. The Labute approximate surface area is 233 Å². The predicted octanol–water partition coefficient (Wildman–Crippen LogP) is 5.78. The monoisotopic (exact) mass is 533 g/mol. The molecule has 1 aliphatic heterocycles. The molecule has 0 unspecified atom stereocenters. The summed E-state index contributed by atoms with van der Waals surface area (Å²) < 4.78 is 1.88. The topological polar surface area (TPSA) is 105 Å². The van der Waals surface area contributed by atoms with Gasteiger partial charge in [0.15, 0.2) is 11.6 Å². The van der Waals surface area contributed by atoms with E-state index < -0.39 is 0 Å². The number of piperidine rings is 1. The molecule has 204 valence electrons. The van der Waals surface area contributed by atoms with Crippen molar-refractivity contribution in [3.05, 3.63) is 60.6 Å². The van der Waals surface area contributed by atoms with E-state index in [-0.39, 0.29) is 5.41 Å². The van der Waals surface area contributed by atoms with Gasteiger partial charge in [-0.05, 0) is 67.0 Å². The van der Waals surface area contributed by atoms with Crippen molar-refractivity contribution in [3.63, 3.8) is 0 Å². The zero-order chi connectivity index (χ0) is 27.3. The largest absolute Gasteiger partial charge is 0.366 e. The smallest absolute Gasteiger partial charge is 0.162 e. The van der Waals surface area contributed by atoms with E-state index in [4.69, 9.17) is 9.97 Å². The molecule has 0 radical (unpaired) electrons. The van der Waals surface area contributed by atoms with E-state index in [9.17, 15) is 0 Å². The second-order valence-corrected chi connectivity index (χ2v) is 11.8. The van der Waals surface area contributed by atoms with Crippen LogP contribution in [-0.4, -0.2) is 48.8 Å². The second kappa shape index (κ2) is 9.82. The zero-order valence-corrected chi connectivity index (χ0v) is 23.3. The Morgan fingerprint density at radius 1 is 1.02 bits per heavy atom. The van der Waals surface area contributed by atoms with Crippen LogP contribution in [-0.2, 0) is 7.05 Å². The Bertz CT molecular complexity index is 1700. The van der Waals surface area contributed by atoms with Crippen molar-refractivity contribution >= 4 is 39.3 Å². The highest BCUT2D eigenvalue weighted by molar-refractivity contribution is 5.94. The van der Waals surface area contributed by atoms with Crippen LogP contribution in [0.4, 0.5) is 17.5 Å². The summed E-state index contributed by atoms with van der Waals surface area (Å²) in [7, 11) is 1.95. The van der Waals surface area contributed by atoms with Gasteiger partial charge in [-0.15, -0.1) is 0 Å². The quantitative estimate of drug-likeness (QED) is 0.252. The Hall–Kier alpha value is -4.11. The van der Waals surface area contributed by atoms with Gasteiger partial charge in [-0.2, -0.15) is 5.10 Å². The van der Waals surface area contributed by atoms with Crippen molar-refractivity contribution in [2.75, 3.05) is 23.7 Å². The first-order valence-corrected chi connectivity index (χ1v) is 14.2. The molecule has 5 aromatic rings. The van der Waals surface area contributed by atoms with E-state index in [1.165, 1.54) is 24.8 Å². The van der Waals surface area contributed by atoms with E-state index in [2.05, 4.69) is 57.0 Å². The van der Waals surface area contributed by atoms with Crippen LogP contribution in [0.25, 0.3) is 33.2 Å². The van der Waals surface area contributed by atoms with E-state index in [1.54, 1.807) is 6.20 Å². The van der Waals surface area contributed by atoms with Crippen LogP contribution in [0.1, 0.15) is 51.0 Å². The average molecular weight is 534 g/mol. The molecule has 0 spiro atoms. The maximum atomic E-state index is 5.19. The van der Waals surface area contributed by atoms with Crippen LogP contribution in [0.5, 0.6) is 0 Å². The lowest BCUT2D eigenvalue weighted by Gasteiger charge is -2.40. The predicted molar refractivity (Wildman–Crippen MR) is 160 cm³/mol. The average Bonchev–Trinajstić information content (AvgIpc) is 3.24. The van der Waals surface area contributed by atoms with Crippen LogP contribution >= 0.6 is 0 Å². The maximum absolute atomic E-state index is 5.19. The summed E-state index contributed by atoms with van der Waals surface area (Å²) in [6, 6.07) is 12.4. The third-order valence-electron chi connectivity index (χ3n) is 8.65. The summed E-state index contributed by atoms with van der Waals surface area (Å²) in [6.45, 7) is 6.60. The highest BCUT2D eigenvalue weighted by atomic mass is 15.3. The molecule has 1 saturated carbocycles. The van der Waals surface area contributed by atoms with Crippen molar-refractivity contribution in [1.29, 1.82) is 0 Å². The molecule has 5 heterocycles. The number of benzene rings is 1. The maximum Gasteiger partial charge on any atom is 0.162 e. The van der Waals surface area contributed by atoms with Gasteiger partial charge in [0.1, 0.15) is 11.6 Å². The summed E-state index contributed by atoms with van der Waals surface area (Å²) in [4.78, 5) is 19.4. The summed E-state index contributed by atoms with van der Waals surface area (Å²) in [5, 5.41) is 17.7. The molecule has 2 aliphatic rings. The van der Waals surface area contributed by atoms with Gasteiger partial charge < -0.3 is 16.0 Å². The number of anilines is 3. The van der Waals surface area contributed by atoms with Crippen molar-refractivity contribution < 1.29 is 0 Å². The molecule has 3 N–H and O–H groups in total. The Balaban J connectivity index is 1.30. The summed E-state index contributed by atoms with van der Waals surface area (Å²) in [6.07, 6.45) is 10.4. The Morgan fingerprint density at radius 2 is 1.90 bits per heavy atom. The first-order chi connectivity index (χ1) is 19.5. The molecule has 9 heteroatoms. The van der Waals surface area contributed by atoms with Gasteiger partial charge in [-0.1, -0.05) is 32.4 Å². The molecule has 4 aromatic heterocycles. The number of aromatic nitrogens is 6. The number of nitrogens with zero attached hydrogens (tertiary/aromatic N) is 6. The molecule has 1 atom stereocenters. The van der Waals surface area contributed by atoms with Crippen LogP contribution in [0.15, 0.2) is 55.0 Å². The molecule has 7 rings (SSSR count). The number of para-hydroxylation sites is 1.